The van der Waals surface area contributed by atoms with Gasteiger partial charge in [-0.25, -0.2) is 4.98 Å². The van der Waals surface area contributed by atoms with Gasteiger partial charge in [0.15, 0.2) is 5.82 Å². The Balaban J connectivity index is 1.95. The van der Waals surface area contributed by atoms with Crippen molar-refractivity contribution < 1.29 is 9.66 Å². The smallest absolute Gasteiger partial charge is 0.270 e. The number of hydrogen-bond acceptors (Lipinski definition) is 6. The Bertz CT molecular complexity index is 895. The third-order valence-corrected chi connectivity index (χ3v) is 3.25. The zero-order valence-corrected chi connectivity index (χ0v) is 13.1. The molecule has 0 unspecified atom stereocenters. The van der Waals surface area contributed by atoms with Gasteiger partial charge in [-0.2, -0.15) is 4.98 Å². The average Bonchev–Trinajstić information content (AvgIpc) is 2.56. The van der Waals surface area contributed by atoms with Gasteiger partial charge in [0.1, 0.15) is 5.75 Å². The molecule has 7 nitrogen and oxygen atoms in total. The van der Waals surface area contributed by atoms with E-state index < -0.39 is 4.92 Å². The first kappa shape index (κ1) is 15.5. The fourth-order valence-electron chi connectivity index (χ4n) is 2.11. The van der Waals surface area contributed by atoms with Crippen molar-refractivity contribution in [2.45, 2.75) is 13.8 Å². The van der Waals surface area contributed by atoms with Gasteiger partial charge in [0, 0.05) is 35.2 Å². The van der Waals surface area contributed by atoms with Crippen molar-refractivity contribution in [1.82, 2.24) is 15.0 Å². The van der Waals surface area contributed by atoms with E-state index in [1.807, 2.05) is 19.9 Å². The highest BCUT2D eigenvalue weighted by atomic mass is 16.6. The van der Waals surface area contributed by atoms with Crippen LogP contribution < -0.4 is 4.74 Å². The molecule has 24 heavy (non-hydrogen) atoms. The lowest BCUT2D eigenvalue weighted by Crippen LogP contribution is -1.97. The van der Waals surface area contributed by atoms with E-state index in [0.717, 1.165) is 5.69 Å². The predicted molar refractivity (Wildman–Crippen MR) is 87.9 cm³/mol. The summed E-state index contributed by atoms with van der Waals surface area (Å²) >= 11 is 0. The number of aromatic nitrogens is 3. The second kappa shape index (κ2) is 6.41. The van der Waals surface area contributed by atoms with Crippen LogP contribution in [0.4, 0.5) is 5.69 Å². The molecule has 0 aliphatic rings. The predicted octanol–water partition coefficient (Wildman–Crippen LogP) is 3.86. The number of non-ortho nitro benzene ring substituents is 1. The van der Waals surface area contributed by atoms with Crippen molar-refractivity contribution in [3.05, 3.63) is 70.2 Å². The Morgan fingerprint density at radius 3 is 2.58 bits per heavy atom. The fraction of sp³-hybridized carbons (Fsp3) is 0.118. The average molecular weight is 322 g/mol. The van der Waals surface area contributed by atoms with Crippen LogP contribution in [0.15, 0.2) is 48.7 Å². The van der Waals surface area contributed by atoms with Crippen LogP contribution in [0.2, 0.25) is 0 Å². The molecular weight excluding hydrogens is 308 g/mol. The highest BCUT2D eigenvalue weighted by Crippen LogP contribution is 2.25. The first-order valence-electron chi connectivity index (χ1n) is 7.22. The number of benzene rings is 1. The van der Waals surface area contributed by atoms with E-state index in [0.29, 0.717) is 28.7 Å². The molecule has 0 saturated heterocycles. The first-order valence-corrected chi connectivity index (χ1v) is 7.22. The van der Waals surface area contributed by atoms with Gasteiger partial charge >= 0.3 is 0 Å². The summed E-state index contributed by atoms with van der Waals surface area (Å²) in [5, 5.41) is 10.9. The second-order valence-electron chi connectivity index (χ2n) is 5.22. The van der Waals surface area contributed by atoms with Gasteiger partial charge in [0.25, 0.3) is 5.69 Å². The molecule has 7 heteroatoms. The van der Waals surface area contributed by atoms with Crippen LogP contribution in [-0.4, -0.2) is 19.9 Å². The minimum Gasteiger partial charge on any atom is -0.437 e. The van der Waals surface area contributed by atoms with E-state index in [9.17, 15) is 10.1 Å². The summed E-state index contributed by atoms with van der Waals surface area (Å²) in [5.41, 5.74) is 2.13. The maximum absolute atomic E-state index is 10.9. The zero-order chi connectivity index (χ0) is 17.1. The van der Waals surface area contributed by atoms with Gasteiger partial charge in [-0.15, -0.1) is 0 Å². The van der Waals surface area contributed by atoms with E-state index >= 15 is 0 Å². The molecular formula is C17H14N4O3. The number of aryl methyl sites for hydroxylation is 2. The molecule has 1 aromatic carbocycles. The van der Waals surface area contributed by atoms with Gasteiger partial charge in [-0.3, -0.25) is 15.1 Å². The van der Waals surface area contributed by atoms with Crippen LogP contribution >= 0.6 is 0 Å². The van der Waals surface area contributed by atoms with Crippen molar-refractivity contribution in [3.8, 4) is 23.0 Å². The van der Waals surface area contributed by atoms with E-state index in [1.165, 1.54) is 12.1 Å². The van der Waals surface area contributed by atoms with Crippen LogP contribution in [0.5, 0.6) is 11.6 Å². The standard InChI is InChI=1S/C17H14N4O3/c1-11-6-7-15(10-18-11)24-16-8-12(2)19-17(20-16)13-4-3-5-14(9-13)21(22)23/h3-10H,1-2H3. The molecule has 120 valence electrons. The Labute approximate surface area is 138 Å². The minimum absolute atomic E-state index is 0.0113. The normalized spacial score (nSPS) is 10.4. The molecule has 2 aromatic heterocycles. The molecule has 0 fully saturated rings. The molecule has 0 radical (unpaired) electrons. The summed E-state index contributed by atoms with van der Waals surface area (Å²) in [6.07, 6.45) is 1.61. The monoisotopic (exact) mass is 322 g/mol. The Hall–Kier alpha value is -3.35. The summed E-state index contributed by atoms with van der Waals surface area (Å²) < 4.78 is 5.71. The van der Waals surface area contributed by atoms with E-state index in [1.54, 1.807) is 30.5 Å². The quantitative estimate of drug-likeness (QED) is 0.535. The van der Waals surface area contributed by atoms with E-state index in [2.05, 4.69) is 15.0 Å². The summed E-state index contributed by atoms with van der Waals surface area (Å²) in [6, 6.07) is 11.5. The molecule has 0 aliphatic heterocycles. The molecule has 0 bridgehead atoms. The molecule has 0 spiro atoms. The summed E-state index contributed by atoms with van der Waals surface area (Å²) in [7, 11) is 0. The topological polar surface area (TPSA) is 91.0 Å². The Kier molecular flexibility index (Phi) is 4.15. The maximum Gasteiger partial charge on any atom is 0.270 e. The lowest BCUT2D eigenvalue weighted by Gasteiger charge is -2.08. The van der Waals surface area contributed by atoms with Gasteiger partial charge in [-0.05, 0) is 26.0 Å². The Morgan fingerprint density at radius 2 is 1.88 bits per heavy atom. The third kappa shape index (κ3) is 3.52. The largest absolute Gasteiger partial charge is 0.437 e. The minimum atomic E-state index is -0.450. The van der Waals surface area contributed by atoms with Gasteiger partial charge < -0.3 is 4.74 Å². The van der Waals surface area contributed by atoms with E-state index in [-0.39, 0.29) is 5.69 Å². The van der Waals surface area contributed by atoms with Crippen LogP contribution in [0, 0.1) is 24.0 Å². The maximum atomic E-state index is 10.9. The van der Waals surface area contributed by atoms with Crippen LogP contribution in [0.1, 0.15) is 11.4 Å². The third-order valence-electron chi connectivity index (χ3n) is 3.25. The summed E-state index contributed by atoms with van der Waals surface area (Å²) in [4.78, 5) is 23.3. The van der Waals surface area contributed by atoms with Crippen molar-refractivity contribution in [2.24, 2.45) is 0 Å². The second-order valence-corrected chi connectivity index (χ2v) is 5.22. The number of hydrogen-bond donors (Lipinski definition) is 0. The van der Waals surface area contributed by atoms with E-state index in [4.69, 9.17) is 4.74 Å². The molecule has 0 N–H and O–H groups in total. The molecule has 3 rings (SSSR count). The van der Waals surface area contributed by atoms with Crippen LogP contribution in [-0.2, 0) is 0 Å². The number of nitro groups is 1. The van der Waals surface area contributed by atoms with Gasteiger partial charge in [-0.1, -0.05) is 12.1 Å². The molecule has 0 aliphatic carbocycles. The molecule has 0 saturated carbocycles. The highest BCUT2D eigenvalue weighted by molar-refractivity contribution is 5.59. The number of nitro benzene ring substituents is 1. The van der Waals surface area contributed by atoms with Crippen molar-refractivity contribution in [3.63, 3.8) is 0 Å². The highest BCUT2D eigenvalue weighted by Gasteiger charge is 2.11. The van der Waals surface area contributed by atoms with Gasteiger partial charge in [0.2, 0.25) is 5.88 Å². The fourth-order valence-corrected chi connectivity index (χ4v) is 2.11. The number of ether oxygens (including phenoxy) is 1. The van der Waals surface area contributed by atoms with Crippen molar-refractivity contribution in [2.75, 3.05) is 0 Å². The van der Waals surface area contributed by atoms with Crippen molar-refractivity contribution in [1.29, 1.82) is 0 Å². The van der Waals surface area contributed by atoms with Gasteiger partial charge in [0.05, 0.1) is 11.1 Å². The number of rotatable bonds is 4. The lowest BCUT2D eigenvalue weighted by molar-refractivity contribution is -0.384. The molecule has 2 heterocycles. The first-order chi connectivity index (χ1) is 11.5. The SMILES string of the molecule is Cc1ccc(Oc2cc(C)nc(-c3cccc([N+](=O)[O-])c3)n2)cn1. The summed E-state index contributed by atoms with van der Waals surface area (Å²) in [6.45, 7) is 3.70. The summed E-state index contributed by atoms with van der Waals surface area (Å²) in [5.74, 6) is 1.28. The molecule has 0 amide bonds. The van der Waals surface area contributed by atoms with Crippen LogP contribution in [0.3, 0.4) is 0 Å². The number of pyridine rings is 1. The molecule has 0 atom stereocenters. The van der Waals surface area contributed by atoms with Crippen LogP contribution in [0.25, 0.3) is 11.4 Å². The Morgan fingerprint density at radius 1 is 1.04 bits per heavy atom. The lowest BCUT2D eigenvalue weighted by atomic mass is 10.2. The number of nitrogens with zero attached hydrogens (tertiary/aromatic N) is 4. The van der Waals surface area contributed by atoms with Crippen molar-refractivity contribution >= 4 is 5.69 Å². The molecule has 3 aromatic rings. The zero-order valence-electron chi connectivity index (χ0n) is 13.1.